The van der Waals surface area contributed by atoms with Gasteiger partial charge in [0.2, 0.25) is 5.91 Å². The maximum Gasteiger partial charge on any atom is 0.341 e. The molecule has 0 aliphatic carbocycles. The fourth-order valence-corrected chi connectivity index (χ4v) is 3.37. The number of hydrogen-bond acceptors (Lipinski definition) is 5. The molecular weight excluding hydrogens is 352 g/mol. The van der Waals surface area contributed by atoms with Gasteiger partial charge in [0.1, 0.15) is 5.75 Å². The van der Waals surface area contributed by atoms with Crippen molar-refractivity contribution in [1.29, 1.82) is 0 Å². The molecule has 1 aliphatic heterocycles. The predicted molar refractivity (Wildman–Crippen MR) is 97.7 cm³/mol. The van der Waals surface area contributed by atoms with E-state index in [1.165, 1.54) is 0 Å². The van der Waals surface area contributed by atoms with Gasteiger partial charge in [-0.1, -0.05) is 0 Å². The van der Waals surface area contributed by atoms with Gasteiger partial charge >= 0.3 is 5.97 Å². The quantitative estimate of drug-likeness (QED) is 0.623. The number of carboxylic acid groups (broad SMARTS) is 1. The first-order chi connectivity index (χ1) is 12.8. The molecule has 1 aromatic rings. The van der Waals surface area contributed by atoms with Gasteiger partial charge in [0.05, 0.1) is 0 Å². The highest BCUT2D eigenvalue weighted by molar-refractivity contribution is 5.95. The largest absolute Gasteiger partial charge is 0.481 e. The van der Waals surface area contributed by atoms with E-state index in [1.54, 1.807) is 26.0 Å². The van der Waals surface area contributed by atoms with E-state index < -0.39 is 18.5 Å². The molecule has 148 valence electrons. The van der Waals surface area contributed by atoms with Crippen LogP contribution in [0.2, 0.25) is 0 Å². The summed E-state index contributed by atoms with van der Waals surface area (Å²) in [4.78, 5) is 34.9. The summed E-state index contributed by atoms with van der Waals surface area (Å²) in [6.45, 7) is 4.26. The first-order valence-electron chi connectivity index (χ1n) is 8.90. The first-order valence-corrected chi connectivity index (χ1v) is 8.90. The molecule has 1 aliphatic rings. The van der Waals surface area contributed by atoms with Crippen molar-refractivity contribution in [2.75, 3.05) is 19.8 Å². The van der Waals surface area contributed by atoms with Crippen LogP contribution >= 0.6 is 0 Å². The molecule has 0 spiro atoms. The number of primary amides is 1. The minimum absolute atomic E-state index is 0.0776. The Morgan fingerprint density at radius 1 is 1.26 bits per heavy atom. The van der Waals surface area contributed by atoms with E-state index in [-0.39, 0.29) is 24.3 Å². The Kier molecular flexibility index (Phi) is 7.18. The molecule has 0 bridgehead atoms. The van der Waals surface area contributed by atoms with Crippen molar-refractivity contribution in [3.8, 4) is 5.75 Å². The molecule has 4 N–H and O–H groups in total. The van der Waals surface area contributed by atoms with E-state index in [0.717, 1.165) is 12.8 Å². The van der Waals surface area contributed by atoms with Gasteiger partial charge in [-0.2, -0.15) is 0 Å². The number of benzene rings is 1. The monoisotopic (exact) mass is 378 g/mol. The summed E-state index contributed by atoms with van der Waals surface area (Å²) in [6, 6.07) is 2.94. The number of amides is 2. The van der Waals surface area contributed by atoms with E-state index >= 15 is 0 Å². The zero-order valence-corrected chi connectivity index (χ0v) is 15.6. The molecule has 0 radical (unpaired) electrons. The molecule has 0 saturated carbocycles. The SMILES string of the molecule is Cc1cc(C(=O)NC(CC(N)=O)C2CCOCC2)cc(C)c1OCC(=O)O. The normalized spacial score (nSPS) is 15.8. The van der Waals surface area contributed by atoms with Crippen molar-refractivity contribution in [2.45, 2.75) is 39.2 Å². The van der Waals surface area contributed by atoms with Gasteiger partial charge in [0.25, 0.3) is 5.91 Å². The number of carboxylic acids is 1. The first kappa shape index (κ1) is 20.7. The van der Waals surface area contributed by atoms with Crippen LogP contribution in [0.1, 0.15) is 40.7 Å². The van der Waals surface area contributed by atoms with E-state index in [0.29, 0.717) is 35.7 Å². The summed E-state index contributed by atoms with van der Waals surface area (Å²) in [6.07, 6.45) is 1.60. The Morgan fingerprint density at radius 3 is 2.37 bits per heavy atom. The zero-order valence-electron chi connectivity index (χ0n) is 15.6. The van der Waals surface area contributed by atoms with Crippen molar-refractivity contribution < 1.29 is 29.0 Å². The molecule has 2 rings (SSSR count). The summed E-state index contributed by atoms with van der Waals surface area (Å²) >= 11 is 0. The molecule has 1 unspecified atom stereocenters. The smallest absolute Gasteiger partial charge is 0.341 e. The van der Waals surface area contributed by atoms with Crippen molar-refractivity contribution >= 4 is 17.8 Å². The standard InChI is InChI=1S/C19H26N2O6/c1-11-7-14(8-12(2)18(11)27-10-17(23)24)19(25)21-15(9-16(20)22)13-3-5-26-6-4-13/h7-8,13,15H,3-6,9-10H2,1-2H3,(H2,20,22)(H,21,25)(H,23,24). The number of aliphatic carboxylic acids is 1. The zero-order chi connectivity index (χ0) is 20.0. The van der Waals surface area contributed by atoms with Gasteiger partial charge in [-0.3, -0.25) is 9.59 Å². The molecular formula is C19H26N2O6. The van der Waals surface area contributed by atoms with E-state index in [1.807, 2.05) is 0 Å². The Morgan fingerprint density at radius 2 is 1.85 bits per heavy atom. The van der Waals surface area contributed by atoms with Crippen LogP contribution in [0.3, 0.4) is 0 Å². The Balaban J connectivity index is 2.14. The van der Waals surface area contributed by atoms with Gasteiger partial charge in [-0.05, 0) is 55.9 Å². The number of rotatable bonds is 8. The van der Waals surface area contributed by atoms with Crippen LogP contribution in [-0.2, 0) is 14.3 Å². The number of nitrogens with one attached hydrogen (secondary N) is 1. The number of ether oxygens (including phenoxy) is 2. The maximum atomic E-state index is 12.7. The summed E-state index contributed by atoms with van der Waals surface area (Å²) in [5.74, 6) is -1.25. The third kappa shape index (κ3) is 5.96. The van der Waals surface area contributed by atoms with Crippen LogP contribution in [0, 0.1) is 19.8 Å². The summed E-state index contributed by atoms with van der Waals surface area (Å²) in [7, 11) is 0. The lowest BCUT2D eigenvalue weighted by Crippen LogP contribution is -2.44. The van der Waals surface area contributed by atoms with Crippen LogP contribution in [0.5, 0.6) is 5.75 Å². The van der Waals surface area contributed by atoms with Crippen LogP contribution in [0.4, 0.5) is 0 Å². The Labute approximate surface area is 158 Å². The van der Waals surface area contributed by atoms with Crippen molar-refractivity contribution in [3.05, 3.63) is 28.8 Å². The van der Waals surface area contributed by atoms with Gasteiger partial charge in [0.15, 0.2) is 6.61 Å². The van der Waals surface area contributed by atoms with Gasteiger partial charge < -0.3 is 25.6 Å². The second-order valence-electron chi connectivity index (χ2n) is 6.82. The molecule has 2 amide bonds. The Hall–Kier alpha value is -2.61. The summed E-state index contributed by atoms with van der Waals surface area (Å²) in [5.41, 5.74) is 7.11. The lowest BCUT2D eigenvalue weighted by Gasteiger charge is -2.30. The van der Waals surface area contributed by atoms with Gasteiger partial charge in [0, 0.05) is 31.2 Å². The third-order valence-corrected chi connectivity index (χ3v) is 4.64. The highest BCUT2D eigenvalue weighted by atomic mass is 16.5. The fourth-order valence-electron chi connectivity index (χ4n) is 3.37. The maximum absolute atomic E-state index is 12.7. The van der Waals surface area contributed by atoms with Crippen molar-refractivity contribution in [3.63, 3.8) is 0 Å². The van der Waals surface area contributed by atoms with Gasteiger partial charge in [-0.15, -0.1) is 0 Å². The average molecular weight is 378 g/mol. The average Bonchev–Trinajstić information content (AvgIpc) is 2.60. The van der Waals surface area contributed by atoms with Crippen LogP contribution in [0.15, 0.2) is 12.1 Å². The molecule has 1 fully saturated rings. The molecule has 8 heteroatoms. The minimum atomic E-state index is -1.07. The molecule has 8 nitrogen and oxygen atoms in total. The summed E-state index contributed by atoms with van der Waals surface area (Å²) in [5, 5.41) is 11.7. The Bertz CT molecular complexity index is 689. The lowest BCUT2D eigenvalue weighted by atomic mass is 9.89. The third-order valence-electron chi connectivity index (χ3n) is 4.64. The fraction of sp³-hybridized carbons (Fsp3) is 0.526. The second kappa shape index (κ2) is 9.36. The number of carbonyl (C=O) groups is 3. The number of hydrogen-bond donors (Lipinski definition) is 3. The van der Waals surface area contributed by atoms with Gasteiger partial charge in [-0.25, -0.2) is 4.79 Å². The number of nitrogens with two attached hydrogens (primary N) is 1. The van der Waals surface area contributed by atoms with Crippen LogP contribution in [0.25, 0.3) is 0 Å². The van der Waals surface area contributed by atoms with E-state index in [9.17, 15) is 14.4 Å². The molecule has 1 heterocycles. The number of carbonyl (C=O) groups excluding carboxylic acids is 2. The minimum Gasteiger partial charge on any atom is -0.481 e. The highest BCUT2D eigenvalue weighted by Crippen LogP contribution is 2.26. The molecule has 0 aromatic heterocycles. The predicted octanol–water partition coefficient (Wildman–Crippen LogP) is 1.17. The lowest BCUT2D eigenvalue weighted by molar-refractivity contribution is -0.139. The summed E-state index contributed by atoms with van der Waals surface area (Å²) < 4.78 is 10.6. The number of aryl methyl sites for hydroxylation is 2. The van der Waals surface area contributed by atoms with Crippen LogP contribution in [-0.4, -0.2) is 48.8 Å². The topological polar surface area (TPSA) is 128 Å². The van der Waals surface area contributed by atoms with E-state index in [2.05, 4.69) is 5.32 Å². The molecule has 1 atom stereocenters. The van der Waals surface area contributed by atoms with E-state index in [4.69, 9.17) is 20.3 Å². The molecule has 27 heavy (non-hydrogen) atoms. The van der Waals surface area contributed by atoms with Crippen molar-refractivity contribution in [1.82, 2.24) is 5.32 Å². The van der Waals surface area contributed by atoms with Crippen molar-refractivity contribution in [2.24, 2.45) is 11.7 Å². The highest BCUT2D eigenvalue weighted by Gasteiger charge is 2.27. The second-order valence-corrected chi connectivity index (χ2v) is 6.82. The molecule has 1 aromatic carbocycles. The van der Waals surface area contributed by atoms with Crippen LogP contribution < -0.4 is 15.8 Å². The molecule has 1 saturated heterocycles.